The van der Waals surface area contributed by atoms with Gasteiger partial charge in [-0.2, -0.15) is 0 Å². The molecular weight excluding hydrogens is 436 g/mol. The maximum absolute atomic E-state index is 12.8. The highest BCUT2D eigenvalue weighted by Gasteiger charge is 2.25. The third-order valence-corrected chi connectivity index (χ3v) is 5.85. The lowest BCUT2D eigenvalue weighted by atomic mass is 10.0. The van der Waals surface area contributed by atoms with Crippen LogP contribution >= 0.6 is 11.6 Å². The van der Waals surface area contributed by atoms with Gasteiger partial charge in [0.05, 0.1) is 35.3 Å². The Morgan fingerprint density at radius 2 is 1.87 bits per heavy atom. The first-order valence-corrected chi connectivity index (χ1v) is 10.9. The number of halogens is 1. The molecule has 0 aromatic heterocycles. The number of ketones is 1. The van der Waals surface area contributed by atoms with Crippen LogP contribution in [0.25, 0.3) is 0 Å². The van der Waals surface area contributed by atoms with E-state index in [1.807, 2.05) is 0 Å². The molecular formula is C19H21ClN2O7S. The molecule has 30 heavy (non-hydrogen) atoms. The zero-order valence-corrected chi connectivity index (χ0v) is 18.0. The Kier molecular flexibility index (Phi) is 8.01. The second-order valence-corrected chi connectivity index (χ2v) is 8.24. The number of sulfonamides is 1. The molecule has 0 aliphatic carbocycles. The van der Waals surface area contributed by atoms with E-state index >= 15 is 0 Å². The fourth-order valence-corrected chi connectivity index (χ4v) is 3.95. The molecule has 0 unspecified atom stereocenters. The summed E-state index contributed by atoms with van der Waals surface area (Å²) in [6.45, 7) is 0. The number of methoxy groups -OCH3 is 2. The predicted molar refractivity (Wildman–Crippen MR) is 112 cm³/mol. The van der Waals surface area contributed by atoms with Gasteiger partial charge < -0.3 is 9.47 Å². The van der Waals surface area contributed by atoms with Crippen molar-refractivity contribution in [1.29, 1.82) is 0 Å². The summed E-state index contributed by atoms with van der Waals surface area (Å²) in [6.07, 6.45) is 1.03. The number of nitro benzene ring substituents is 1. The molecule has 0 amide bonds. The molecule has 0 aliphatic rings. The van der Waals surface area contributed by atoms with Gasteiger partial charge >= 0.3 is 0 Å². The lowest BCUT2D eigenvalue weighted by Crippen LogP contribution is -2.15. The Labute approximate surface area is 179 Å². The third kappa shape index (κ3) is 5.61. The van der Waals surface area contributed by atoms with Gasteiger partial charge in [-0.3, -0.25) is 19.6 Å². The molecule has 0 bridgehead atoms. The van der Waals surface area contributed by atoms with Crippen molar-refractivity contribution in [3.63, 3.8) is 0 Å². The minimum absolute atomic E-state index is 0.0246. The van der Waals surface area contributed by atoms with Crippen molar-refractivity contribution in [3.05, 3.63) is 52.1 Å². The summed E-state index contributed by atoms with van der Waals surface area (Å²) in [5, 5.41) is 11.3. The van der Waals surface area contributed by atoms with Crippen LogP contribution in [-0.2, 0) is 10.0 Å². The molecule has 162 valence electrons. The van der Waals surface area contributed by atoms with Gasteiger partial charge in [-0.05, 0) is 37.1 Å². The Morgan fingerprint density at radius 3 is 2.47 bits per heavy atom. The predicted octanol–water partition coefficient (Wildman–Crippen LogP) is 4.00. The number of rotatable bonds is 11. The quantitative estimate of drug-likeness (QED) is 0.178. The van der Waals surface area contributed by atoms with Gasteiger partial charge in [-0.1, -0.05) is 0 Å². The second kappa shape index (κ2) is 10.3. The highest BCUT2D eigenvalue weighted by Crippen LogP contribution is 2.32. The van der Waals surface area contributed by atoms with E-state index in [-0.39, 0.29) is 28.3 Å². The minimum Gasteiger partial charge on any atom is -0.497 e. The number of carbonyl (C=O) groups excluding carboxylic acids is 1. The number of nitrogens with zero attached hydrogens (tertiary/aromatic N) is 1. The summed E-state index contributed by atoms with van der Waals surface area (Å²) in [6, 6.07) is 7.60. The van der Waals surface area contributed by atoms with Crippen LogP contribution in [0.2, 0.25) is 0 Å². The zero-order valence-electron chi connectivity index (χ0n) is 16.4. The van der Waals surface area contributed by atoms with E-state index in [1.165, 1.54) is 26.4 Å². The number of alkyl halides is 1. The minimum atomic E-state index is -4.16. The van der Waals surface area contributed by atoms with Crippen LogP contribution < -0.4 is 14.2 Å². The van der Waals surface area contributed by atoms with Crippen molar-refractivity contribution >= 4 is 38.8 Å². The first-order chi connectivity index (χ1) is 14.2. The normalized spacial score (nSPS) is 11.0. The summed E-state index contributed by atoms with van der Waals surface area (Å²) >= 11 is 5.59. The van der Waals surface area contributed by atoms with E-state index in [9.17, 15) is 23.3 Å². The summed E-state index contributed by atoms with van der Waals surface area (Å²) in [4.78, 5) is 22.7. The highest BCUT2D eigenvalue weighted by atomic mass is 35.5. The largest absolute Gasteiger partial charge is 0.497 e. The standard InChI is InChI=1S/C19H21ClN2O7S/c1-28-13-6-8-16(19(11-13)29-2)21-30(26,27)14-7-9-17(22(24)25)15(12-14)18(23)5-3-4-10-20/h6-9,11-12,21H,3-5,10H2,1-2H3. The highest BCUT2D eigenvalue weighted by molar-refractivity contribution is 7.92. The molecule has 9 nitrogen and oxygen atoms in total. The molecule has 0 saturated carbocycles. The number of nitrogens with one attached hydrogen (secondary N) is 1. The van der Waals surface area contributed by atoms with Crippen LogP contribution in [0, 0.1) is 10.1 Å². The summed E-state index contributed by atoms with van der Waals surface area (Å²) in [5.41, 5.74) is -0.572. The molecule has 0 spiro atoms. The fraction of sp³-hybridized carbons (Fsp3) is 0.316. The van der Waals surface area contributed by atoms with Gasteiger partial charge in [0, 0.05) is 24.4 Å². The SMILES string of the molecule is COc1ccc(NS(=O)(=O)c2ccc([N+](=O)[O-])c(C(=O)CCCCCl)c2)c(OC)c1. The molecule has 11 heteroatoms. The number of benzene rings is 2. The van der Waals surface area contributed by atoms with Crippen molar-refractivity contribution in [1.82, 2.24) is 0 Å². The second-order valence-electron chi connectivity index (χ2n) is 6.18. The molecule has 0 saturated heterocycles. The Hall–Kier alpha value is -2.85. The number of carbonyl (C=O) groups is 1. The van der Waals surface area contributed by atoms with Gasteiger partial charge in [0.15, 0.2) is 5.78 Å². The number of hydrogen-bond acceptors (Lipinski definition) is 7. The van der Waals surface area contributed by atoms with E-state index < -0.39 is 26.4 Å². The molecule has 2 rings (SSSR count). The number of Topliss-reactive ketones (excluding diaryl/α,β-unsaturated/α-hetero) is 1. The lowest BCUT2D eigenvalue weighted by molar-refractivity contribution is -0.385. The zero-order chi connectivity index (χ0) is 22.3. The molecule has 0 heterocycles. The van der Waals surface area contributed by atoms with Crippen LogP contribution in [0.15, 0.2) is 41.3 Å². The van der Waals surface area contributed by atoms with Crippen LogP contribution in [0.3, 0.4) is 0 Å². The van der Waals surface area contributed by atoms with E-state index in [2.05, 4.69) is 4.72 Å². The number of ether oxygens (including phenoxy) is 2. The molecule has 0 atom stereocenters. The van der Waals surface area contributed by atoms with Crippen LogP contribution in [-0.4, -0.2) is 39.2 Å². The Balaban J connectivity index is 2.41. The molecule has 0 aliphatic heterocycles. The molecule has 1 N–H and O–H groups in total. The van der Waals surface area contributed by atoms with E-state index in [0.717, 1.165) is 18.2 Å². The summed E-state index contributed by atoms with van der Waals surface area (Å²) < 4.78 is 38.3. The molecule has 2 aromatic rings. The summed E-state index contributed by atoms with van der Waals surface area (Å²) in [5.74, 6) is 0.523. The monoisotopic (exact) mass is 456 g/mol. The van der Waals surface area contributed by atoms with Gasteiger partial charge in [0.1, 0.15) is 11.5 Å². The first kappa shape index (κ1) is 23.4. The van der Waals surface area contributed by atoms with E-state index in [0.29, 0.717) is 24.5 Å². The molecule has 0 fully saturated rings. The number of anilines is 1. The Morgan fingerprint density at radius 1 is 1.13 bits per heavy atom. The number of nitro groups is 1. The average Bonchev–Trinajstić information content (AvgIpc) is 2.73. The van der Waals surface area contributed by atoms with Gasteiger partial charge in [0.2, 0.25) is 0 Å². The Bertz CT molecular complexity index is 1040. The maximum atomic E-state index is 12.8. The fourth-order valence-electron chi connectivity index (χ4n) is 2.67. The van der Waals surface area contributed by atoms with Crippen LogP contribution in [0.5, 0.6) is 11.5 Å². The smallest absolute Gasteiger partial charge is 0.280 e. The number of hydrogen-bond donors (Lipinski definition) is 1. The van der Waals surface area contributed by atoms with Gasteiger partial charge in [-0.25, -0.2) is 8.42 Å². The maximum Gasteiger partial charge on any atom is 0.280 e. The van der Waals surface area contributed by atoms with Crippen molar-refractivity contribution in [2.45, 2.75) is 24.2 Å². The van der Waals surface area contributed by atoms with Crippen molar-refractivity contribution in [3.8, 4) is 11.5 Å². The van der Waals surface area contributed by atoms with Gasteiger partial charge in [0.25, 0.3) is 15.7 Å². The van der Waals surface area contributed by atoms with E-state index in [4.69, 9.17) is 21.1 Å². The van der Waals surface area contributed by atoms with Crippen molar-refractivity contribution in [2.75, 3.05) is 24.8 Å². The van der Waals surface area contributed by atoms with Crippen molar-refractivity contribution < 1.29 is 27.6 Å². The average molecular weight is 457 g/mol. The molecule has 2 aromatic carbocycles. The topological polar surface area (TPSA) is 125 Å². The lowest BCUT2D eigenvalue weighted by Gasteiger charge is -2.13. The van der Waals surface area contributed by atoms with Crippen LogP contribution in [0.1, 0.15) is 29.6 Å². The van der Waals surface area contributed by atoms with Crippen LogP contribution in [0.4, 0.5) is 11.4 Å². The molecule has 0 radical (unpaired) electrons. The third-order valence-electron chi connectivity index (χ3n) is 4.22. The first-order valence-electron chi connectivity index (χ1n) is 8.86. The van der Waals surface area contributed by atoms with E-state index in [1.54, 1.807) is 6.07 Å². The number of unbranched alkanes of at least 4 members (excludes halogenated alkanes) is 1. The summed E-state index contributed by atoms with van der Waals surface area (Å²) in [7, 11) is -1.33. The van der Waals surface area contributed by atoms with Crippen molar-refractivity contribution in [2.24, 2.45) is 0 Å². The van der Waals surface area contributed by atoms with Gasteiger partial charge in [-0.15, -0.1) is 11.6 Å².